The molecule has 0 spiro atoms. The van der Waals surface area contributed by atoms with Crippen LogP contribution in [0.1, 0.15) is 45.2 Å². The summed E-state index contributed by atoms with van der Waals surface area (Å²) < 4.78 is 26.3. The van der Waals surface area contributed by atoms with Gasteiger partial charge < -0.3 is 10.2 Å². The van der Waals surface area contributed by atoms with Crippen molar-refractivity contribution in [3.05, 3.63) is 64.7 Å². The summed E-state index contributed by atoms with van der Waals surface area (Å²) in [7, 11) is -3.76. The van der Waals surface area contributed by atoms with E-state index in [1.807, 2.05) is 39.8 Å². The Morgan fingerprint density at radius 3 is 2.15 bits per heavy atom. The monoisotopic (exact) mass is 507 g/mol. The molecule has 0 aliphatic rings. The van der Waals surface area contributed by atoms with E-state index in [0.29, 0.717) is 22.7 Å². The number of carbonyl (C=O) groups excluding carboxylic acids is 2. The first-order valence-electron chi connectivity index (χ1n) is 11.4. The molecule has 2 amide bonds. The van der Waals surface area contributed by atoms with Crippen LogP contribution in [0.4, 0.5) is 5.69 Å². The lowest BCUT2D eigenvalue weighted by atomic mass is 10.1. The molecule has 2 aromatic carbocycles. The Morgan fingerprint density at radius 2 is 1.65 bits per heavy atom. The van der Waals surface area contributed by atoms with Crippen molar-refractivity contribution in [2.45, 2.75) is 59.2 Å². The zero-order valence-electron chi connectivity index (χ0n) is 20.4. The first-order chi connectivity index (χ1) is 16.0. The fourth-order valence-corrected chi connectivity index (χ4v) is 4.67. The number of carbonyl (C=O) groups is 2. The van der Waals surface area contributed by atoms with Gasteiger partial charge >= 0.3 is 0 Å². The van der Waals surface area contributed by atoms with Crippen molar-refractivity contribution in [3.8, 4) is 0 Å². The predicted molar refractivity (Wildman–Crippen MR) is 137 cm³/mol. The second-order valence-electron chi connectivity index (χ2n) is 8.49. The third kappa shape index (κ3) is 7.46. The standard InChI is InChI=1S/C25H34ClN3O4S/c1-6-19-12-14-21(15-13-19)29(34(5,32)33)17-24(30)28(16-20-10-8-9-11-22(20)26)23(7-2)25(31)27-18(3)4/h8-15,18,23H,6-7,16-17H2,1-5H3,(H,27,31)/t23-/m0/s1. The van der Waals surface area contributed by atoms with Gasteiger partial charge in [0.15, 0.2) is 0 Å². The Balaban J connectivity index is 2.44. The maximum atomic E-state index is 13.6. The van der Waals surface area contributed by atoms with E-state index in [-0.39, 0.29) is 18.5 Å². The molecule has 0 saturated carbocycles. The van der Waals surface area contributed by atoms with E-state index >= 15 is 0 Å². The molecule has 0 unspecified atom stereocenters. The summed E-state index contributed by atoms with van der Waals surface area (Å²) in [6.45, 7) is 7.16. The highest BCUT2D eigenvalue weighted by atomic mass is 35.5. The average molecular weight is 508 g/mol. The lowest BCUT2D eigenvalue weighted by Crippen LogP contribution is -2.53. The molecule has 0 radical (unpaired) electrons. The van der Waals surface area contributed by atoms with E-state index in [9.17, 15) is 18.0 Å². The van der Waals surface area contributed by atoms with Crippen LogP contribution in [0.2, 0.25) is 5.02 Å². The predicted octanol–water partition coefficient (Wildman–Crippen LogP) is 4.00. The highest BCUT2D eigenvalue weighted by Gasteiger charge is 2.32. The van der Waals surface area contributed by atoms with Gasteiger partial charge in [-0.3, -0.25) is 13.9 Å². The summed E-state index contributed by atoms with van der Waals surface area (Å²) in [4.78, 5) is 28.0. The first kappa shape index (κ1) is 27.7. The number of nitrogens with one attached hydrogen (secondary N) is 1. The molecule has 7 nitrogen and oxygen atoms in total. The molecule has 0 aliphatic carbocycles. The van der Waals surface area contributed by atoms with Gasteiger partial charge in [0.2, 0.25) is 21.8 Å². The van der Waals surface area contributed by atoms with Gasteiger partial charge in [-0.2, -0.15) is 0 Å². The van der Waals surface area contributed by atoms with Crippen LogP contribution in [0.15, 0.2) is 48.5 Å². The zero-order chi connectivity index (χ0) is 25.5. The van der Waals surface area contributed by atoms with Crippen LogP contribution in [0.5, 0.6) is 0 Å². The molecule has 0 bridgehead atoms. The van der Waals surface area contributed by atoms with Crippen LogP contribution in [-0.2, 0) is 32.6 Å². The van der Waals surface area contributed by atoms with Gasteiger partial charge in [0.05, 0.1) is 11.9 Å². The van der Waals surface area contributed by atoms with Crippen molar-refractivity contribution in [2.24, 2.45) is 0 Å². The van der Waals surface area contributed by atoms with Crippen LogP contribution in [-0.4, -0.2) is 50.0 Å². The third-order valence-electron chi connectivity index (χ3n) is 5.43. The second kappa shape index (κ2) is 12.2. The number of hydrogen-bond donors (Lipinski definition) is 1. The Hall–Kier alpha value is -2.58. The van der Waals surface area contributed by atoms with Crippen LogP contribution in [0.25, 0.3) is 0 Å². The van der Waals surface area contributed by atoms with Gasteiger partial charge in [-0.05, 0) is 56.0 Å². The molecule has 0 aliphatic heterocycles. The number of hydrogen-bond acceptors (Lipinski definition) is 4. The lowest BCUT2D eigenvalue weighted by molar-refractivity contribution is -0.140. The summed E-state index contributed by atoms with van der Waals surface area (Å²) in [6.07, 6.45) is 2.24. The molecule has 1 N–H and O–H groups in total. The van der Waals surface area contributed by atoms with Crippen molar-refractivity contribution in [2.75, 3.05) is 17.1 Å². The molecule has 34 heavy (non-hydrogen) atoms. The average Bonchev–Trinajstić information content (AvgIpc) is 2.77. The van der Waals surface area contributed by atoms with Crippen LogP contribution in [0, 0.1) is 0 Å². The molecular formula is C25H34ClN3O4S. The summed E-state index contributed by atoms with van der Waals surface area (Å²) in [5.41, 5.74) is 2.12. The lowest BCUT2D eigenvalue weighted by Gasteiger charge is -2.33. The fraction of sp³-hybridized carbons (Fsp3) is 0.440. The molecule has 186 valence electrons. The van der Waals surface area contributed by atoms with Crippen molar-refractivity contribution >= 4 is 39.1 Å². The molecule has 0 heterocycles. The van der Waals surface area contributed by atoms with Crippen molar-refractivity contribution < 1.29 is 18.0 Å². The van der Waals surface area contributed by atoms with Crippen molar-refractivity contribution in [3.63, 3.8) is 0 Å². The SMILES string of the molecule is CCc1ccc(N(CC(=O)N(Cc2ccccc2Cl)[C@@H](CC)C(=O)NC(C)C)S(C)(=O)=O)cc1. The topological polar surface area (TPSA) is 86.8 Å². The number of rotatable bonds is 11. The molecule has 9 heteroatoms. The number of halogens is 1. The molecule has 1 atom stereocenters. The highest BCUT2D eigenvalue weighted by Crippen LogP contribution is 2.22. The largest absolute Gasteiger partial charge is 0.352 e. The number of amides is 2. The minimum Gasteiger partial charge on any atom is -0.352 e. The fourth-order valence-electron chi connectivity index (χ4n) is 3.62. The zero-order valence-corrected chi connectivity index (χ0v) is 22.0. The number of benzene rings is 2. The van der Waals surface area contributed by atoms with E-state index in [1.54, 1.807) is 36.4 Å². The number of anilines is 1. The number of nitrogens with zero attached hydrogens (tertiary/aromatic N) is 2. The van der Waals surface area contributed by atoms with Gasteiger partial charge in [-0.25, -0.2) is 8.42 Å². The van der Waals surface area contributed by atoms with E-state index in [0.717, 1.165) is 22.5 Å². The van der Waals surface area contributed by atoms with Gasteiger partial charge in [-0.1, -0.05) is 55.8 Å². The molecular weight excluding hydrogens is 474 g/mol. The van der Waals surface area contributed by atoms with Gasteiger partial charge in [-0.15, -0.1) is 0 Å². The van der Waals surface area contributed by atoms with E-state index in [4.69, 9.17) is 11.6 Å². The van der Waals surface area contributed by atoms with Gasteiger partial charge in [0, 0.05) is 17.6 Å². The van der Waals surface area contributed by atoms with Gasteiger partial charge in [0.25, 0.3) is 0 Å². The second-order valence-corrected chi connectivity index (χ2v) is 10.8. The summed E-state index contributed by atoms with van der Waals surface area (Å²) in [5, 5.41) is 3.33. The van der Waals surface area contributed by atoms with E-state index < -0.39 is 28.5 Å². The van der Waals surface area contributed by atoms with Crippen LogP contribution >= 0.6 is 11.6 Å². The molecule has 0 fully saturated rings. The minimum atomic E-state index is -3.76. The molecule has 0 saturated heterocycles. The molecule has 2 aromatic rings. The first-order valence-corrected chi connectivity index (χ1v) is 13.6. The maximum absolute atomic E-state index is 13.6. The highest BCUT2D eigenvalue weighted by molar-refractivity contribution is 7.92. The summed E-state index contributed by atoms with van der Waals surface area (Å²) in [6, 6.07) is 13.2. The third-order valence-corrected chi connectivity index (χ3v) is 6.94. The molecule has 0 aromatic heterocycles. The van der Waals surface area contributed by atoms with E-state index in [2.05, 4.69) is 5.32 Å². The van der Waals surface area contributed by atoms with Crippen LogP contribution < -0.4 is 9.62 Å². The Labute approximate surface area is 208 Å². The Bertz CT molecular complexity index is 1090. The van der Waals surface area contributed by atoms with Crippen molar-refractivity contribution in [1.82, 2.24) is 10.2 Å². The maximum Gasteiger partial charge on any atom is 0.244 e. The smallest absolute Gasteiger partial charge is 0.244 e. The normalized spacial score (nSPS) is 12.3. The Kier molecular flexibility index (Phi) is 9.94. The van der Waals surface area contributed by atoms with E-state index in [1.165, 1.54) is 4.90 Å². The quantitative estimate of drug-likeness (QED) is 0.498. The minimum absolute atomic E-state index is 0.0783. The summed E-state index contributed by atoms with van der Waals surface area (Å²) >= 11 is 6.34. The van der Waals surface area contributed by atoms with Crippen molar-refractivity contribution in [1.29, 1.82) is 0 Å². The van der Waals surface area contributed by atoms with Crippen LogP contribution in [0.3, 0.4) is 0 Å². The number of aryl methyl sites for hydroxylation is 1. The van der Waals surface area contributed by atoms with Gasteiger partial charge in [0.1, 0.15) is 12.6 Å². The number of sulfonamides is 1. The molecule has 2 rings (SSSR count). The summed E-state index contributed by atoms with van der Waals surface area (Å²) in [5.74, 6) is -0.785. The Morgan fingerprint density at radius 1 is 1.03 bits per heavy atom.